The van der Waals surface area contributed by atoms with E-state index in [-0.39, 0.29) is 7.43 Å². The van der Waals surface area contributed by atoms with Gasteiger partial charge in [-0.1, -0.05) is 45.6 Å². The lowest BCUT2D eigenvalue weighted by molar-refractivity contribution is 1.23. The van der Waals surface area contributed by atoms with Gasteiger partial charge in [0.25, 0.3) is 0 Å². The topological polar surface area (TPSA) is 0 Å². The Morgan fingerprint density at radius 2 is 1.00 bits per heavy atom. The first-order chi connectivity index (χ1) is 5.82. The molecule has 86 valence electrons. The summed E-state index contributed by atoms with van der Waals surface area (Å²) in [7, 11) is 0. The molecule has 0 aromatic heterocycles. The van der Waals surface area contributed by atoms with Crippen molar-refractivity contribution in [1.29, 1.82) is 0 Å². The highest BCUT2D eigenvalue weighted by atomic mass is 79.9. The molecule has 0 atom stereocenters. The molecule has 0 N–H and O–H groups in total. The minimum Gasteiger partial charge on any atom is -0.0880 e. The van der Waals surface area contributed by atoms with Gasteiger partial charge in [0.15, 0.2) is 0 Å². The van der Waals surface area contributed by atoms with E-state index >= 15 is 0 Å². The average molecular weight is 263 g/mol. The standard InChI is InChI=1S/C6H11Br.C6H12.CH4/c1-5(2)6(3)4-7;1-5(2)6(3)4;/h4H2,1-3H3;1-4H3;1H4. The van der Waals surface area contributed by atoms with E-state index in [4.69, 9.17) is 0 Å². The fourth-order valence-electron chi connectivity index (χ4n) is 0.134. The number of rotatable bonds is 1. The second kappa shape index (κ2) is 11.0. The van der Waals surface area contributed by atoms with E-state index in [9.17, 15) is 0 Å². The Hall–Kier alpha value is -0.0400. The van der Waals surface area contributed by atoms with Crippen molar-refractivity contribution >= 4 is 15.9 Å². The third-order valence-electron chi connectivity index (χ3n) is 2.05. The smallest absolute Gasteiger partial charge is 0.0241 e. The maximum atomic E-state index is 3.36. The summed E-state index contributed by atoms with van der Waals surface area (Å²) in [5.74, 6) is 0. The first kappa shape index (κ1) is 19.5. The molecule has 0 aliphatic heterocycles. The van der Waals surface area contributed by atoms with Gasteiger partial charge in [-0.05, 0) is 48.5 Å². The lowest BCUT2D eigenvalue weighted by atomic mass is 10.2. The fourth-order valence-corrected chi connectivity index (χ4v) is 0.694. The number of hydrogen-bond acceptors (Lipinski definition) is 0. The molecule has 1 heteroatoms. The van der Waals surface area contributed by atoms with E-state index in [1.807, 2.05) is 0 Å². The second-order valence-electron chi connectivity index (χ2n) is 3.91. The SMILES string of the molecule is C.CC(C)=C(C)C.CC(C)=C(C)CBr. The molecular weight excluding hydrogens is 236 g/mol. The molecule has 0 heterocycles. The zero-order valence-electron chi connectivity index (χ0n) is 10.1. The molecule has 0 aliphatic carbocycles. The minimum atomic E-state index is 0. The van der Waals surface area contributed by atoms with Crippen molar-refractivity contribution in [1.82, 2.24) is 0 Å². The van der Waals surface area contributed by atoms with Crippen LogP contribution in [0.2, 0.25) is 0 Å². The Kier molecular flexibility index (Phi) is 15.4. The van der Waals surface area contributed by atoms with E-state index in [0.717, 1.165) is 5.33 Å². The molecule has 0 aromatic rings. The van der Waals surface area contributed by atoms with Crippen LogP contribution < -0.4 is 0 Å². The Balaban J connectivity index is -0.000000163. The first-order valence-electron chi connectivity index (χ1n) is 4.62. The molecule has 0 saturated heterocycles. The summed E-state index contributed by atoms with van der Waals surface area (Å²) in [4.78, 5) is 0. The highest BCUT2D eigenvalue weighted by molar-refractivity contribution is 9.09. The largest absolute Gasteiger partial charge is 0.0880 e. The molecule has 0 fully saturated rings. The molecule has 0 spiro atoms. The van der Waals surface area contributed by atoms with Crippen LogP contribution >= 0.6 is 15.9 Å². The Bertz CT molecular complexity index is 175. The Labute approximate surface area is 99.6 Å². The van der Waals surface area contributed by atoms with E-state index < -0.39 is 0 Å². The summed E-state index contributed by atoms with van der Waals surface area (Å²) < 4.78 is 0. The summed E-state index contributed by atoms with van der Waals surface area (Å²) in [6.45, 7) is 14.9. The third kappa shape index (κ3) is 14.5. The highest BCUT2D eigenvalue weighted by Crippen LogP contribution is 2.03. The number of allylic oxidation sites excluding steroid dienone is 4. The van der Waals surface area contributed by atoms with Crippen LogP contribution in [0, 0.1) is 0 Å². The predicted octanol–water partition coefficient (Wildman–Crippen LogP) is 5.74. The van der Waals surface area contributed by atoms with Crippen molar-refractivity contribution in [3.63, 3.8) is 0 Å². The fraction of sp³-hybridized carbons (Fsp3) is 0.692. The van der Waals surface area contributed by atoms with E-state index in [2.05, 4.69) is 64.4 Å². The Morgan fingerprint density at radius 3 is 1.00 bits per heavy atom. The number of hydrogen-bond donors (Lipinski definition) is 0. The van der Waals surface area contributed by atoms with Crippen LogP contribution in [0.5, 0.6) is 0 Å². The van der Waals surface area contributed by atoms with Gasteiger partial charge < -0.3 is 0 Å². The van der Waals surface area contributed by atoms with Crippen LogP contribution in [0.1, 0.15) is 55.9 Å². The molecule has 0 rings (SSSR count). The van der Waals surface area contributed by atoms with Crippen LogP contribution in [0.3, 0.4) is 0 Å². The van der Waals surface area contributed by atoms with Crippen LogP contribution in [0.15, 0.2) is 22.3 Å². The van der Waals surface area contributed by atoms with Crippen LogP contribution in [0.25, 0.3) is 0 Å². The minimum absolute atomic E-state index is 0. The highest BCUT2D eigenvalue weighted by Gasteiger charge is 1.84. The molecule has 14 heavy (non-hydrogen) atoms. The van der Waals surface area contributed by atoms with Gasteiger partial charge >= 0.3 is 0 Å². The summed E-state index contributed by atoms with van der Waals surface area (Å²) in [6.07, 6.45) is 0. The van der Waals surface area contributed by atoms with Crippen molar-refractivity contribution < 1.29 is 0 Å². The molecule has 0 aromatic carbocycles. The lowest BCUT2D eigenvalue weighted by Gasteiger charge is -1.93. The van der Waals surface area contributed by atoms with Gasteiger partial charge in [0.2, 0.25) is 0 Å². The molecule has 0 bridgehead atoms. The van der Waals surface area contributed by atoms with Gasteiger partial charge in [-0.25, -0.2) is 0 Å². The number of alkyl halides is 1. The van der Waals surface area contributed by atoms with Gasteiger partial charge in [0, 0.05) is 5.33 Å². The quantitative estimate of drug-likeness (QED) is 0.418. The van der Waals surface area contributed by atoms with Crippen LogP contribution in [0.4, 0.5) is 0 Å². The molecule has 0 unspecified atom stereocenters. The van der Waals surface area contributed by atoms with E-state index in [1.165, 1.54) is 22.3 Å². The first-order valence-corrected chi connectivity index (χ1v) is 5.74. The van der Waals surface area contributed by atoms with Gasteiger partial charge in [0.1, 0.15) is 0 Å². The summed E-state index contributed by atoms with van der Waals surface area (Å²) in [5.41, 5.74) is 5.70. The summed E-state index contributed by atoms with van der Waals surface area (Å²) in [6, 6.07) is 0. The zero-order chi connectivity index (χ0) is 11.0. The monoisotopic (exact) mass is 262 g/mol. The summed E-state index contributed by atoms with van der Waals surface area (Å²) in [5, 5.41) is 1.01. The molecular formula is C13H27Br. The molecule has 0 amide bonds. The predicted molar refractivity (Wildman–Crippen MR) is 74.3 cm³/mol. The Morgan fingerprint density at radius 1 is 0.714 bits per heavy atom. The second-order valence-corrected chi connectivity index (χ2v) is 4.47. The molecule has 0 nitrogen and oxygen atoms in total. The van der Waals surface area contributed by atoms with Crippen LogP contribution in [-0.4, -0.2) is 5.33 Å². The molecule has 0 aliphatic rings. The molecule has 0 radical (unpaired) electrons. The van der Waals surface area contributed by atoms with Gasteiger partial charge in [-0.15, -0.1) is 0 Å². The average Bonchev–Trinajstić information content (AvgIpc) is 2.03. The van der Waals surface area contributed by atoms with Gasteiger partial charge in [-0.3, -0.25) is 0 Å². The summed E-state index contributed by atoms with van der Waals surface area (Å²) >= 11 is 3.36. The van der Waals surface area contributed by atoms with Crippen LogP contribution in [-0.2, 0) is 0 Å². The number of halogens is 1. The van der Waals surface area contributed by atoms with E-state index in [1.54, 1.807) is 0 Å². The normalized spacial score (nSPS) is 7.71. The van der Waals surface area contributed by atoms with Crippen molar-refractivity contribution in [3.8, 4) is 0 Å². The van der Waals surface area contributed by atoms with Crippen molar-refractivity contribution in [2.45, 2.75) is 55.9 Å². The maximum Gasteiger partial charge on any atom is 0.0241 e. The van der Waals surface area contributed by atoms with Crippen molar-refractivity contribution in [2.24, 2.45) is 0 Å². The zero-order valence-corrected chi connectivity index (χ0v) is 11.7. The van der Waals surface area contributed by atoms with E-state index in [0.29, 0.717) is 0 Å². The molecule has 0 saturated carbocycles. The van der Waals surface area contributed by atoms with Gasteiger partial charge in [0.05, 0.1) is 0 Å². The third-order valence-corrected chi connectivity index (χ3v) is 2.90. The lowest BCUT2D eigenvalue weighted by Crippen LogP contribution is -1.77. The maximum absolute atomic E-state index is 3.36. The van der Waals surface area contributed by atoms with Crippen molar-refractivity contribution in [2.75, 3.05) is 5.33 Å². The van der Waals surface area contributed by atoms with Gasteiger partial charge in [-0.2, -0.15) is 0 Å². The van der Waals surface area contributed by atoms with Crippen molar-refractivity contribution in [3.05, 3.63) is 22.3 Å².